The minimum absolute atomic E-state index is 0.0377. The van der Waals surface area contributed by atoms with E-state index in [1.165, 1.54) is 0 Å². The van der Waals surface area contributed by atoms with Gasteiger partial charge in [-0.3, -0.25) is 24.7 Å². The summed E-state index contributed by atoms with van der Waals surface area (Å²) in [5.74, 6) is -0.689. The Morgan fingerprint density at radius 3 is 2.42 bits per heavy atom. The lowest BCUT2D eigenvalue weighted by Crippen LogP contribution is -2.52. The quantitative estimate of drug-likeness (QED) is 0.610. The summed E-state index contributed by atoms with van der Waals surface area (Å²) in [5, 5.41) is 4.22. The predicted molar refractivity (Wildman–Crippen MR) is 122 cm³/mol. The fourth-order valence-electron chi connectivity index (χ4n) is 4.79. The third-order valence-corrected chi connectivity index (χ3v) is 7.15. The number of rotatable bonds is 6. The number of hydrogen-bond acceptors (Lipinski definition) is 5. The third kappa shape index (κ3) is 5.30. The molecule has 1 spiro atoms. The van der Waals surface area contributed by atoms with Gasteiger partial charge in [0.2, 0.25) is 11.8 Å². The van der Waals surface area contributed by atoms with Crippen molar-refractivity contribution in [3.05, 3.63) is 34.9 Å². The maximum Gasteiger partial charge on any atom is 0.344 e. The molecule has 1 saturated carbocycles. The van der Waals surface area contributed by atoms with Crippen LogP contribution in [0.4, 0.5) is 4.79 Å². The first-order chi connectivity index (χ1) is 15.9. The SMILES string of the molecule is O=C(CCN1CCN(C(=O)Cc2ccccc2Cl)CC1)NN1C(=O)NC2(CCCCC2)C1=O. The van der Waals surface area contributed by atoms with Gasteiger partial charge in [-0.15, -0.1) is 0 Å². The molecule has 0 unspecified atom stereocenters. The number of imide groups is 1. The van der Waals surface area contributed by atoms with Crippen molar-refractivity contribution >= 4 is 35.4 Å². The number of urea groups is 1. The first-order valence-corrected chi connectivity index (χ1v) is 12.0. The van der Waals surface area contributed by atoms with Gasteiger partial charge in [-0.25, -0.2) is 4.79 Å². The summed E-state index contributed by atoms with van der Waals surface area (Å²) in [7, 11) is 0. The molecule has 4 rings (SSSR count). The van der Waals surface area contributed by atoms with Crippen LogP contribution in [-0.2, 0) is 20.8 Å². The molecule has 0 radical (unpaired) electrons. The Hall–Kier alpha value is -2.65. The van der Waals surface area contributed by atoms with Crippen molar-refractivity contribution in [2.75, 3.05) is 32.7 Å². The molecule has 178 valence electrons. The van der Waals surface area contributed by atoms with Crippen LogP contribution in [-0.4, -0.2) is 76.8 Å². The van der Waals surface area contributed by atoms with Gasteiger partial charge in [0.05, 0.1) is 6.42 Å². The van der Waals surface area contributed by atoms with Gasteiger partial charge in [0, 0.05) is 44.2 Å². The standard InChI is InChI=1S/C23H30ClN5O4/c24-18-7-3-2-6-17(18)16-20(31)28-14-12-27(13-15-28)11-8-19(30)26-29-21(32)23(25-22(29)33)9-4-1-5-10-23/h2-3,6-7H,1,4-5,8-16H2,(H,25,33)(H,26,30). The summed E-state index contributed by atoms with van der Waals surface area (Å²) in [4.78, 5) is 54.0. The van der Waals surface area contributed by atoms with Gasteiger partial charge in [-0.05, 0) is 24.5 Å². The molecule has 3 aliphatic rings. The van der Waals surface area contributed by atoms with Crippen molar-refractivity contribution in [1.82, 2.24) is 25.6 Å². The molecule has 2 heterocycles. The number of carbonyl (C=O) groups excluding carboxylic acids is 4. The number of hydrogen-bond donors (Lipinski definition) is 2. The van der Waals surface area contributed by atoms with E-state index < -0.39 is 11.6 Å². The number of piperazine rings is 1. The Morgan fingerprint density at radius 2 is 1.73 bits per heavy atom. The van der Waals surface area contributed by atoms with Crippen LogP contribution >= 0.6 is 11.6 Å². The molecule has 9 nitrogen and oxygen atoms in total. The molecule has 1 aliphatic carbocycles. The first-order valence-electron chi connectivity index (χ1n) is 11.6. The average Bonchev–Trinajstić information content (AvgIpc) is 3.03. The molecule has 2 aliphatic heterocycles. The van der Waals surface area contributed by atoms with Crippen LogP contribution in [0.15, 0.2) is 24.3 Å². The molecule has 0 bridgehead atoms. The van der Waals surface area contributed by atoms with Crippen LogP contribution in [0, 0.1) is 0 Å². The van der Waals surface area contributed by atoms with E-state index in [2.05, 4.69) is 15.6 Å². The van der Waals surface area contributed by atoms with E-state index in [1.807, 2.05) is 23.1 Å². The summed E-state index contributed by atoms with van der Waals surface area (Å²) >= 11 is 6.16. The zero-order valence-electron chi connectivity index (χ0n) is 18.6. The largest absolute Gasteiger partial charge is 0.344 e. The van der Waals surface area contributed by atoms with E-state index in [0.29, 0.717) is 50.6 Å². The number of amides is 5. The number of hydrazine groups is 1. The van der Waals surface area contributed by atoms with Crippen molar-refractivity contribution in [2.45, 2.75) is 50.5 Å². The maximum absolute atomic E-state index is 12.8. The summed E-state index contributed by atoms with van der Waals surface area (Å²) in [6.45, 7) is 2.98. The van der Waals surface area contributed by atoms with Crippen LogP contribution in [0.5, 0.6) is 0 Å². The molecule has 2 saturated heterocycles. The van der Waals surface area contributed by atoms with E-state index in [1.54, 1.807) is 6.07 Å². The Balaban J connectivity index is 1.19. The number of halogens is 1. The second-order valence-corrected chi connectivity index (χ2v) is 9.40. The Labute approximate surface area is 198 Å². The number of nitrogens with zero attached hydrogens (tertiary/aromatic N) is 3. The summed E-state index contributed by atoms with van der Waals surface area (Å²) in [6, 6.07) is 6.79. The Bertz CT molecular complexity index is 925. The van der Waals surface area contributed by atoms with E-state index in [0.717, 1.165) is 29.8 Å². The fourth-order valence-corrected chi connectivity index (χ4v) is 5.00. The van der Waals surface area contributed by atoms with Crippen LogP contribution < -0.4 is 10.7 Å². The van der Waals surface area contributed by atoms with E-state index in [4.69, 9.17) is 11.6 Å². The van der Waals surface area contributed by atoms with Gasteiger partial charge >= 0.3 is 6.03 Å². The fraction of sp³-hybridized carbons (Fsp3) is 0.565. The van der Waals surface area contributed by atoms with Crippen LogP contribution in [0.1, 0.15) is 44.1 Å². The highest BCUT2D eigenvalue weighted by Crippen LogP contribution is 2.33. The Morgan fingerprint density at radius 1 is 1.03 bits per heavy atom. The minimum Gasteiger partial charge on any atom is -0.340 e. The highest BCUT2D eigenvalue weighted by Gasteiger charge is 2.52. The van der Waals surface area contributed by atoms with E-state index in [9.17, 15) is 19.2 Å². The van der Waals surface area contributed by atoms with Crippen molar-refractivity contribution in [1.29, 1.82) is 0 Å². The van der Waals surface area contributed by atoms with E-state index >= 15 is 0 Å². The van der Waals surface area contributed by atoms with Crippen molar-refractivity contribution in [2.24, 2.45) is 0 Å². The summed E-state index contributed by atoms with van der Waals surface area (Å²) in [6.07, 6.45) is 4.50. The van der Waals surface area contributed by atoms with Gasteiger partial charge < -0.3 is 10.2 Å². The number of carbonyl (C=O) groups is 4. The van der Waals surface area contributed by atoms with Crippen molar-refractivity contribution in [3.8, 4) is 0 Å². The molecule has 0 aromatic heterocycles. The molecular weight excluding hydrogens is 446 g/mol. The molecule has 0 atom stereocenters. The second kappa shape index (κ2) is 10.1. The predicted octanol–water partition coefficient (Wildman–Crippen LogP) is 1.70. The van der Waals surface area contributed by atoms with Gasteiger partial charge in [-0.1, -0.05) is 49.1 Å². The zero-order chi connectivity index (χ0) is 23.4. The first kappa shape index (κ1) is 23.5. The molecule has 2 N–H and O–H groups in total. The summed E-state index contributed by atoms with van der Waals surface area (Å²) < 4.78 is 0. The molecule has 5 amide bonds. The molecular formula is C23H30ClN5O4. The molecule has 1 aromatic rings. The smallest absolute Gasteiger partial charge is 0.340 e. The lowest BCUT2D eigenvalue weighted by atomic mass is 9.82. The van der Waals surface area contributed by atoms with E-state index in [-0.39, 0.29) is 30.6 Å². The van der Waals surface area contributed by atoms with Gasteiger partial charge in [-0.2, -0.15) is 5.01 Å². The topological polar surface area (TPSA) is 102 Å². The highest BCUT2D eigenvalue weighted by atomic mass is 35.5. The highest BCUT2D eigenvalue weighted by molar-refractivity contribution is 6.31. The molecule has 1 aromatic carbocycles. The normalized spacial score (nSPS) is 20.8. The van der Waals surface area contributed by atoms with Crippen LogP contribution in [0.2, 0.25) is 5.02 Å². The molecule has 3 fully saturated rings. The summed E-state index contributed by atoms with van der Waals surface area (Å²) in [5.41, 5.74) is 2.44. The maximum atomic E-state index is 12.8. The number of benzene rings is 1. The second-order valence-electron chi connectivity index (χ2n) is 8.99. The van der Waals surface area contributed by atoms with Crippen LogP contribution in [0.3, 0.4) is 0 Å². The molecule has 10 heteroatoms. The zero-order valence-corrected chi connectivity index (χ0v) is 19.4. The van der Waals surface area contributed by atoms with Crippen molar-refractivity contribution in [3.63, 3.8) is 0 Å². The van der Waals surface area contributed by atoms with Crippen molar-refractivity contribution < 1.29 is 19.2 Å². The third-order valence-electron chi connectivity index (χ3n) is 6.78. The number of nitrogens with one attached hydrogen (secondary N) is 2. The lowest BCUT2D eigenvalue weighted by Gasteiger charge is -2.34. The average molecular weight is 476 g/mol. The monoisotopic (exact) mass is 475 g/mol. The molecule has 33 heavy (non-hydrogen) atoms. The van der Waals surface area contributed by atoms with Crippen LogP contribution in [0.25, 0.3) is 0 Å². The minimum atomic E-state index is -0.852. The Kier molecular flexibility index (Phi) is 7.19. The van der Waals surface area contributed by atoms with Gasteiger partial charge in [0.15, 0.2) is 0 Å². The lowest BCUT2D eigenvalue weighted by molar-refractivity contribution is -0.140. The van der Waals surface area contributed by atoms with Gasteiger partial charge in [0.25, 0.3) is 5.91 Å². The van der Waals surface area contributed by atoms with Gasteiger partial charge in [0.1, 0.15) is 5.54 Å².